The zero-order chi connectivity index (χ0) is 19.8. The fourth-order valence-corrected chi connectivity index (χ4v) is 2.77. The minimum absolute atomic E-state index is 0.0400. The molecule has 0 spiro atoms. The van der Waals surface area contributed by atoms with Crippen molar-refractivity contribution in [2.24, 2.45) is 0 Å². The van der Waals surface area contributed by atoms with Crippen LogP contribution < -0.4 is 10.6 Å². The summed E-state index contributed by atoms with van der Waals surface area (Å²) >= 11 is 0. The van der Waals surface area contributed by atoms with Crippen LogP contribution in [-0.4, -0.2) is 22.5 Å². The van der Waals surface area contributed by atoms with Gasteiger partial charge in [0.2, 0.25) is 5.91 Å². The number of benzene rings is 2. The van der Waals surface area contributed by atoms with Gasteiger partial charge in [-0.2, -0.15) is 5.26 Å². The van der Waals surface area contributed by atoms with Crippen LogP contribution in [0.2, 0.25) is 0 Å². The first-order valence-electron chi connectivity index (χ1n) is 8.89. The number of aromatic hydroxyl groups is 1. The Morgan fingerprint density at radius 2 is 1.82 bits per heavy atom. The number of pyridine rings is 1. The Bertz CT molecular complexity index is 949. The summed E-state index contributed by atoms with van der Waals surface area (Å²) < 4.78 is 0. The van der Waals surface area contributed by atoms with Crippen molar-refractivity contribution in [2.45, 2.75) is 12.5 Å². The maximum Gasteiger partial charge on any atom is 0.247 e. The molecule has 0 bridgehead atoms. The Morgan fingerprint density at radius 1 is 1.07 bits per heavy atom. The summed E-state index contributed by atoms with van der Waals surface area (Å²) in [7, 11) is 0. The van der Waals surface area contributed by atoms with E-state index in [-0.39, 0.29) is 11.7 Å². The van der Waals surface area contributed by atoms with E-state index in [0.717, 1.165) is 17.5 Å². The summed E-state index contributed by atoms with van der Waals surface area (Å²) in [5.41, 5.74) is 2.55. The second kappa shape index (κ2) is 9.31. The van der Waals surface area contributed by atoms with Crippen molar-refractivity contribution in [1.82, 2.24) is 10.3 Å². The topological polar surface area (TPSA) is 98.0 Å². The first-order valence-corrected chi connectivity index (χ1v) is 8.89. The molecule has 1 unspecified atom stereocenters. The summed E-state index contributed by atoms with van der Waals surface area (Å²) in [5.74, 6) is 0.181. The summed E-state index contributed by atoms with van der Waals surface area (Å²) in [6.45, 7) is 0.585. The van der Waals surface area contributed by atoms with Crippen LogP contribution in [0, 0.1) is 11.3 Å². The van der Waals surface area contributed by atoms with Gasteiger partial charge in [0.15, 0.2) is 0 Å². The van der Waals surface area contributed by atoms with Gasteiger partial charge >= 0.3 is 0 Å². The average molecular weight is 372 g/mol. The highest BCUT2D eigenvalue weighted by Crippen LogP contribution is 2.16. The third-order valence-corrected chi connectivity index (χ3v) is 4.24. The molecule has 0 aliphatic heterocycles. The Morgan fingerprint density at radius 3 is 2.46 bits per heavy atom. The summed E-state index contributed by atoms with van der Waals surface area (Å²) in [4.78, 5) is 16.8. The number of amides is 1. The number of carbonyl (C=O) groups is 1. The van der Waals surface area contributed by atoms with Crippen LogP contribution in [0.15, 0.2) is 72.9 Å². The Kier molecular flexibility index (Phi) is 6.34. The van der Waals surface area contributed by atoms with Crippen molar-refractivity contribution in [3.63, 3.8) is 0 Å². The number of hydrogen-bond donors (Lipinski definition) is 3. The van der Waals surface area contributed by atoms with E-state index in [1.54, 1.807) is 18.2 Å². The molecule has 3 N–H and O–H groups in total. The quantitative estimate of drug-likeness (QED) is 0.592. The van der Waals surface area contributed by atoms with Gasteiger partial charge in [0.25, 0.3) is 0 Å². The predicted molar refractivity (Wildman–Crippen MR) is 107 cm³/mol. The van der Waals surface area contributed by atoms with E-state index < -0.39 is 6.04 Å². The molecule has 0 saturated carbocycles. The monoisotopic (exact) mass is 372 g/mol. The van der Waals surface area contributed by atoms with Gasteiger partial charge in [0.1, 0.15) is 17.6 Å². The van der Waals surface area contributed by atoms with E-state index in [4.69, 9.17) is 5.26 Å². The van der Waals surface area contributed by atoms with Gasteiger partial charge in [-0.05, 0) is 41.8 Å². The predicted octanol–water partition coefficient (Wildman–Crippen LogP) is 3.17. The van der Waals surface area contributed by atoms with Gasteiger partial charge in [-0.15, -0.1) is 0 Å². The molecule has 0 radical (unpaired) electrons. The number of nitrogens with zero attached hydrogens (tertiary/aromatic N) is 2. The van der Waals surface area contributed by atoms with Crippen LogP contribution in [0.5, 0.6) is 5.75 Å². The van der Waals surface area contributed by atoms with Gasteiger partial charge in [-0.25, -0.2) is 4.98 Å². The SMILES string of the molecule is N#Cc1ccc(CCNC(C(=O)Nc2ccc(O)cn2)c2ccccc2)cc1. The van der Waals surface area contributed by atoms with Crippen molar-refractivity contribution in [3.8, 4) is 11.8 Å². The third-order valence-electron chi connectivity index (χ3n) is 4.24. The lowest BCUT2D eigenvalue weighted by Crippen LogP contribution is -2.34. The molecule has 3 rings (SSSR count). The summed E-state index contributed by atoms with van der Waals surface area (Å²) in [6.07, 6.45) is 2.01. The van der Waals surface area contributed by atoms with E-state index in [0.29, 0.717) is 17.9 Å². The zero-order valence-corrected chi connectivity index (χ0v) is 15.2. The molecule has 1 amide bonds. The molecule has 0 aliphatic carbocycles. The van der Waals surface area contributed by atoms with E-state index in [2.05, 4.69) is 21.7 Å². The van der Waals surface area contributed by atoms with Crippen molar-refractivity contribution in [3.05, 3.63) is 89.6 Å². The van der Waals surface area contributed by atoms with E-state index in [1.165, 1.54) is 12.3 Å². The fraction of sp³-hybridized carbons (Fsp3) is 0.136. The summed E-state index contributed by atoms with van der Waals surface area (Å²) in [6, 6.07) is 21.4. The third kappa shape index (κ3) is 5.16. The minimum atomic E-state index is -0.546. The maximum absolute atomic E-state index is 12.8. The molecule has 6 nitrogen and oxygen atoms in total. The second-order valence-electron chi connectivity index (χ2n) is 6.25. The number of anilines is 1. The Balaban J connectivity index is 1.67. The van der Waals surface area contributed by atoms with E-state index in [9.17, 15) is 9.90 Å². The molecule has 6 heteroatoms. The lowest BCUT2D eigenvalue weighted by Gasteiger charge is -2.19. The molecule has 2 aromatic carbocycles. The van der Waals surface area contributed by atoms with Gasteiger partial charge in [-0.3, -0.25) is 4.79 Å². The molecule has 0 aliphatic rings. The highest BCUT2D eigenvalue weighted by atomic mass is 16.3. The van der Waals surface area contributed by atoms with Crippen LogP contribution in [0.3, 0.4) is 0 Å². The van der Waals surface area contributed by atoms with Crippen LogP contribution in [-0.2, 0) is 11.2 Å². The molecule has 140 valence electrons. The highest BCUT2D eigenvalue weighted by Gasteiger charge is 2.20. The van der Waals surface area contributed by atoms with Crippen molar-refractivity contribution >= 4 is 11.7 Å². The van der Waals surface area contributed by atoms with Crippen LogP contribution >= 0.6 is 0 Å². The first-order chi connectivity index (χ1) is 13.7. The molecule has 0 saturated heterocycles. The van der Waals surface area contributed by atoms with Gasteiger partial charge < -0.3 is 15.7 Å². The molecule has 3 aromatic rings. The van der Waals surface area contributed by atoms with Crippen LogP contribution in [0.1, 0.15) is 22.7 Å². The van der Waals surface area contributed by atoms with E-state index >= 15 is 0 Å². The van der Waals surface area contributed by atoms with Crippen LogP contribution in [0.25, 0.3) is 0 Å². The lowest BCUT2D eigenvalue weighted by atomic mass is 10.1. The van der Waals surface area contributed by atoms with Crippen LogP contribution in [0.4, 0.5) is 5.82 Å². The van der Waals surface area contributed by atoms with Gasteiger partial charge in [0.05, 0.1) is 17.8 Å². The van der Waals surface area contributed by atoms with Crippen molar-refractivity contribution in [2.75, 3.05) is 11.9 Å². The number of nitrogens with one attached hydrogen (secondary N) is 2. The highest BCUT2D eigenvalue weighted by molar-refractivity contribution is 5.94. The Labute approximate surface area is 163 Å². The van der Waals surface area contributed by atoms with Gasteiger partial charge in [0, 0.05) is 6.54 Å². The fourth-order valence-electron chi connectivity index (χ4n) is 2.77. The molecule has 1 heterocycles. The number of aromatic nitrogens is 1. The maximum atomic E-state index is 12.8. The van der Waals surface area contributed by atoms with Crippen molar-refractivity contribution < 1.29 is 9.90 Å². The van der Waals surface area contributed by atoms with Crippen molar-refractivity contribution in [1.29, 1.82) is 5.26 Å². The average Bonchev–Trinajstić information content (AvgIpc) is 2.74. The standard InChI is InChI=1S/C22H20N4O2/c23-14-17-8-6-16(7-9-17)12-13-24-21(18-4-2-1-3-5-18)22(28)26-20-11-10-19(27)15-25-20/h1-11,15,21,24,27H,12-13H2,(H,25,26,28). The lowest BCUT2D eigenvalue weighted by molar-refractivity contribution is -0.118. The molecular formula is C22H20N4O2. The number of nitriles is 1. The minimum Gasteiger partial charge on any atom is -0.506 e. The molecular weight excluding hydrogens is 352 g/mol. The molecule has 28 heavy (non-hydrogen) atoms. The number of rotatable bonds is 7. The Hall–Kier alpha value is -3.69. The number of carbonyl (C=O) groups excluding carboxylic acids is 1. The first kappa shape index (κ1) is 19.1. The molecule has 1 atom stereocenters. The second-order valence-corrected chi connectivity index (χ2v) is 6.25. The number of hydrogen-bond acceptors (Lipinski definition) is 5. The largest absolute Gasteiger partial charge is 0.506 e. The molecule has 0 fully saturated rings. The zero-order valence-electron chi connectivity index (χ0n) is 15.2. The summed E-state index contributed by atoms with van der Waals surface area (Å²) in [5, 5.41) is 24.3. The van der Waals surface area contributed by atoms with E-state index in [1.807, 2.05) is 42.5 Å². The van der Waals surface area contributed by atoms with Gasteiger partial charge in [-0.1, -0.05) is 42.5 Å². The molecule has 1 aromatic heterocycles. The normalized spacial score (nSPS) is 11.4. The smallest absolute Gasteiger partial charge is 0.247 e.